The molecule has 0 aliphatic heterocycles. The zero-order valence-electron chi connectivity index (χ0n) is 11.9. The summed E-state index contributed by atoms with van der Waals surface area (Å²) in [6, 6.07) is 13.9. The van der Waals surface area contributed by atoms with Gasteiger partial charge in [0, 0.05) is 36.9 Å². The van der Waals surface area contributed by atoms with Crippen LogP contribution in [-0.2, 0) is 0 Å². The van der Waals surface area contributed by atoms with Gasteiger partial charge in [-0.1, -0.05) is 0 Å². The third kappa shape index (κ3) is 2.40. The molecule has 0 spiro atoms. The first-order valence-corrected chi connectivity index (χ1v) is 6.65. The van der Waals surface area contributed by atoms with Crippen LogP contribution >= 0.6 is 0 Å². The van der Waals surface area contributed by atoms with E-state index in [0.717, 1.165) is 16.6 Å². The molecule has 0 aliphatic rings. The quantitative estimate of drug-likeness (QED) is 0.706. The maximum absolute atomic E-state index is 13.0. The lowest BCUT2D eigenvalue weighted by Crippen LogP contribution is -2.21. The Bertz CT molecular complexity index is 803. The number of hydrogen-bond donors (Lipinski definition) is 0. The van der Waals surface area contributed by atoms with Crippen molar-refractivity contribution in [2.24, 2.45) is 0 Å². The topological polar surface area (TPSA) is 25.2 Å². The van der Waals surface area contributed by atoms with Gasteiger partial charge in [-0.3, -0.25) is 4.79 Å². The van der Waals surface area contributed by atoms with Crippen LogP contribution in [0.15, 0.2) is 54.7 Å². The zero-order chi connectivity index (χ0) is 15.0. The molecule has 2 aromatic carbocycles. The lowest BCUT2D eigenvalue weighted by molar-refractivity contribution is 0.0828. The van der Waals surface area contributed by atoms with Crippen molar-refractivity contribution in [3.63, 3.8) is 0 Å². The third-order valence-electron chi connectivity index (χ3n) is 3.45. The summed E-state index contributed by atoms with van der Waals surface area (Å²) in [5, 5.41) is 0.979. The standard InChI is InChI=1S/C17H15FN2O/c1-19(2)17(21)13-3-8-16-12(11-13)9-10-20(16)15-6-4-14(18)5-7-15/h3-11H,1-2H3. The molecule has 1 heterocycles. The number of aromatic nitrogens is 1. The lowest BCUT2D eigenvalue weighted by atomic mass is 10.1. The van der Waals surface area contributed by atoms with E-state index >= 15 is 0 Å². The van der Waals surface area contributed by atoms with Gasteiger partial charge in [0.2, 0.25) is 0 Å². The summed E-state index contributed by atoms with van der Waals surface area (Å²) in [5.41, 5.74) is 2.53. The number of hydrogen-bond acceptors (Lipinski definition) is 1. The average molecular weight is 282 g/mol. The number of halogens is 1. The van der Waals surface area contributed by atoms with Crippen molar-refractivity contribution in [3.8, 4) is 5.69 Å². The van der Waals surface area contributed by atoms with E-state index in [1.54, 1.807) is 31.1 Å². The molecule has 1 amide bonds. The molecule has 4 heteroatoms. The second-order valence-electron chi connectivity index (χ2n) is 5.14. The molecule has 0 fully saturated rings. The van der Waals surface area contributed by atoms with Crippen LogP contribution in [-0.4, -0.2) is 29.5 Å². The summed E-state index contributed by atoms with van der Waals surface area (Å²) < 4.78 is 15.0. The Balaban J connectivity index is 2.07. The predicted molar refractivity (Wildman–Crippen MR) is 81.3 cm³/mol. The number of nitrogens with zero attached hydrogens (tertiary/aromatic N) is 2. The van der Waals surface area contributed by atoms with Crippen LogP contribution in [0.4, 0.5) is 4.39 Å². The van der Waals surface area contributed by atoms with Crippen molar-refractivity contribution in [2.75, 3.05) is 14.1 Å². The minimum Gasteiger partial charge on any atom is -0.345 e. The van der Waals surface area contributed by atoms with E-state index in [9.17, 15) is 9.18 Å². The molecule has 0 atom stereocenters. The number of rotatable bonds is 2. The van der Waals surface area contributed by atoms with E-state index in [-0.39, 0.29) is 11.7 Å². The van der Waals surface area contributed by atoms with Crippen LogP contribution in [0.3, 0.4) is 0 Å². The van der Waals surface area contributed by atoms with Gasteiger partial charge in [-0.15, -0.1) is 0 Å². The van der Waals surface area contributed by atoms with Gasteiger partial charge >= 0.3 is 0 Å². The van der Waals surface area contributed by atoms with E-state index in [1.165, 1.54) is 12.1 Å². The van der Waals surface area contributed by atoms with Gasteiger partial charge in [0.25, 0.3) is 5.91 Å². The highest BCUT2D eigenvalue weighted by Crippen LogP contribution is 2.22. The van der Waals surface area contributed by atoms with Gasteiger partial charge in [0.05, 0.1) is 5.52 Å². The lowest BCUT2D eigenvalue weighted by Gasteiger charge is -2.10. The van der Waals surface area contributed by atoms with E-state index in [2.05, 4.69) is 0 Å². The van der Waals surface area contributed by atoms with Crippen LogP contribution in [0.25, 0.3) is 16.6 Å². The molecular formula is C17H15FN2O. The molecule has 1 aromatic heterocycles. The van der Waals surface area contributed by atoms with Crippen molar-refractivity contribution in [1.82, 2.24) is 9.47 Å². The average Bonchev–Trinajstić information content (AvgIpc) is 2.90. The van der Waals surface area contributed by atoms with Gasteiger partial charge in [-0.05, 0) is 48.5 Å². The molecule has 21 heavy (non-hydrogen) atoms. The first-order chi connectivity index (χ1) is 10.1. The number of benzene rings is 2. The van der Waals surface area contributed by atoms with Crippen molar-refractivity contribution < 1.29 is 9.18 Å². The molecule has 0 saturated heterocycles. The molecule has 0 radical (unpaired) electrons. The number of carbonyl (C=O) groups excluding carboxylic acids is 1. The third-order valence-corrected chi connectivity index (χ3v) is 3.45. The number of amides is 1. The smallest absolute Gasteiger partial charge is 0.253 e. The molecule has 3 nitrogen and oxygen atoms in total. The Morgan fingerprint density at radius 2 is 1.76 bits per heavy atom. The van der Waals surface area contributed by atoms with E-state index in [4.69, 9.17) is 0 Å². The molecule has 3 rings (SSSR count). The summed E-state index contributed by atoms with van der Waals surface area (Å²) in [6.45, 7) is 0. The number of fused-ring (bicyclic) bond motifs is 1. The summed E-state index contributed by atoms with van der Waals surface area (Å²) >= 11 is 0. The summed E-state index contributed by atoms with van der Waals surface area (Å²) in [6.07, 6.45) is 1.92. The van der Waals surface area contributed by atoms with Crippen molar-refractivity contribution in [2.45, 2.75) is 0 Å². The van der Waals surface area contributed by atoms with Crippen molar-refractivity contribution in [1.29, 1.82) is 0 Å². The highest BCUT2D eigenvalue weighted by molar-refractivity contribution is 5.98. The van der Waals surface area contributed by atoms with Gasteiger partial charge in [-0.25, -0.2) is 4.39 Å². The molecule has 0 saturated carbocycles. The fourth-order valence-electron chi connectivity index (χ4n) is 2.36. The Morgan fingerprint density at radius 3 is 2.43 bits per heavy atom. The van der Waals surface area contributed by atoms with E-state index in [1.807, 2.05) is 35.0 Å². The summed E-state index contributed by atoms with van der Waals surface area (Å²) in [5.74, 6) is -0.277. The predicted octanol–water partition coefficient (Wildman–Crippen LogP) is 3.47. The zero-order valence-corrected chi connectivity index (χ0v) is 11.9. The van der Waals surface area contributed by atoms with E-state index in [0.29, 0.717) is 5.56 Å². The first-order valence-electron chi connectivity index (χ1n) is 6.65. The largest absolute Gasteiger partial charge is 0.345 e. The Kier molecular flexibility index (Phi) is 3.22. The van der Waals surface area contributed by atoms with Crippen molar-refractivity contribution >= 4 is 16.8 Å². The van der Waals surface area contributed by atoms with Crippen LogP contribution in [0.1, 0.15) is 10.4 Å². The maximum Gasteiger partial charge on any atom is 0.253 e. The molecular weight excluding hydrogens is 267 g/mol. The minimum absolute atomic E-state index is 0.0218. The Hall–Kier alpha value is -2.62. The van der Waals surface area contributed by atoms with Crippen LogP contribution in [0, 0.1) is 5.82 Å². The van der Waals surface area contributed by atoms with Crippen LogP contribution in [0.2, 0.25) is 0 Å². The SMILES string of the molecule is CN(C)C(=O)c1ccc2c(ccn2-c2ccc(F)cc2)c1. The molecule has 0 bridgehead atoms. The van der Waals surface area contributed by atoms with Crippen molar-refractivity contribution in [3.05, 3.63) is 66.1 Å². The maximum atomic E-state index is 13.0. The Morgan fingerprint density at radius 1 is 1.05 bits per heavy atom. The monoisotopic (exact) mass is 282 g/mol. The normalized spacial score (nSPS) is 10.8. The molecule has 0 unspecified atom stereocenters. The molecule has 106 valence electrons. The summed E-state index contributed by atoms with van der Waals surface area (Å²) in [4.78, 5) is 13.5. The minimum atomic E-state index is -0.255. The molecule has 0 N–H and O–H groups in total. The van der Waals surface area contributed by atoms with Gasteiger partial charge in [0.1, 0.15) is 5.82 Å². The second-order valence-corrected chi connectivity index (χ2v) is 5.14. The fourth-order valence-corrected chi connectivity index (χ4v) is 2.36. The van der Waals surface area contributed by atoms with Gasteiger partial charge in [0.15, 0.2) is 0 Å². The van der Waals surface area contributed by atoms with E-state index < -0.39 is 0 Å². The fraction of sp³-hybridized carbons (Fsp3) is 0.118. The number of carbonyl (C=O) groups is 1. The second kappa shape index (κ2) is 5.05. The Labute approximate surface area is 122 Å². The van der Waals surface area contributed by atoms with Crippen LogP contribution < -0.4 is 0 Å². The summed E-state index contributed by atoms with van der Waals surface area (Å²) in [7, 11) is 3.46. The highest BCUT2D eigenvalue weighted by Gasteiger charge is 2.10. The van der Waals surface area contributed by atoms with Crippen LogP contribution in [0.5, 0.6) is 0 Å². The first kappa shape index (κ1) is 13.4. The van der Waals surface area contributed by atoms with Gasteiger partial charge in [-0.2, -0.15) is 0 Å². The molecule has 0 aliphatic carbocycles. The molecule has 3 aromatic rings. The highest BCUT2D eigenvalue weighted by atomic mass is 19.1. The van der Waals surface area contributed by atoms with Gasteiger partial charge < -0.3 is 9.47 Å².